The summed E-state index contributed by atoms with van der Waals surface area (Å²) in [5.74, 6) is 6.98. The summed E-state index contributed by atoms with van der Waals surface area (Å²) in [6.45, 7) is 0.733. The molecule has 1 aliphatic heterocycles. The summed E-state index contributed by atoms with van der Waals surface area (Å²) in [6, 6.07) is 14.9. The molecule has 0 saturated carbocycles. The first-order chi connectivity index (χ1) is 16.5. The number of hydrogen-bond donors (Lipinski definition) is 0. The summed E-state index contributed by atoms with van der Waals surface area (Å²) in [4.78, 5) is 26.4. The van der Waals surface area contributed by atoms with Crippen LogP contribution < -0.4 is 23.7 Å². The predicted molar refractivity (Wildman–Crippen MR) is 125 cm³/mol. The van der Waals surface area contributed by atoms with Gasteiger partial charge in [-0.1, -0.05) is 11.8 Å². The van der Waals surface area contributed by atoms with E-state index in [-0.39, 0.29) is 11.1 Å². The molecule has 1 heterocycles. The Balaban J connectivity index is 1.73. The van der Waals surface area contributed by atoms with Gasteiger partial charge in [-0.25, -0.2) is 0 Å². The van der Waals surface area contributed by atoms with Crippen LogP contribution in [-0.2, 0) is 0 Å². The van der Waals surface area contributed by atoms with E-state index in [1.165, 1.54) is 32.4 Å². The van der Waals surface area contributed by atoms with Crippen LogP contribution in [0.4, 0.5) is 0 Å². The van der Waals surface area contributed by atoms with Gasteiger partial charge in [0.15, 0.2) is 23.0 Å². The fraction of sp³-hybridized carbons (Fsp3) is 0.185. The van der Waals surface area contributed by atoms with Crippen molar-refractivity contribution in [2.75, 3.05) is 34.5 Å². The van der Waals surface area contributed by atoms with E-state index >= 15 is 0 Å². The second-order valence-corrected chi connectivity index (χ2v) is 7.25. The molecule has 3 aromatic rings. The first kappa shape index (κ1) is 22.7. The first-order valence-corrected chi connectivity index (χ1v) is 10.4. The Morgan fingerprint density at radius 3 is 2.06 bits per heavy atom. The van der Waals surface area contributed by atoms with Crippen molar-refractivity contribution in [3.63, 3.8) is 0 Å². The lowest BCUT2D eigenvalue weighted by Gasteiger charge is -2.19. The maximum absolute atomic E-state index is 13.3. The standard InChI is InChI=1S/C27H22O7/c1-30-20-9-5-17(6-10-20)4-7-18-14-24-25(34-13-12-33-24)16-21(18)27(29)26(28)19-8-11-22(31-2)23(15-19)32-3/h5-6,8-11,14-16H,12-13H2,1-3H3. The van der Waals surface area contributed by atoms with E-state index in [9.17, 15) is 9.59 Å². The van der Waals surface area contributed by atoms with E-state index in [0.717, 1.165) is 5.56 Å². The van der Waals surface area contributed by atoms with Crippen molar-refractivity contribution in [3.8, 4) is 40.6 Å². The van der Waals surface area contributed by atoms with Crippen LogP contribution in [0.25, 0.3) is 0 Å². The second kappa shape index (κ2) is 10.0. The highest BCUT2D eigenvalue weighted by Crippen LogP contribution is 2.34. The van der Waals surface area contributed by atoms with E-state index in [0.29, 0.717) is 47.5 Å². The SMILES string of the molecule is COc1ccc(C#Cc2cc3c(cc2C(=O)C(=O)c2ccc(OC)c(OC)c2)OCCO3)cc1. The molecule has 0 fully saturated rings. The highest BCUT2D eigenvalue weighted by molar-refractivity contribution is 6.49. The Kier molecular flexibility index (Phi) is 6.69. The third-order valence-electron chi connectivity index (χ3n) is 5.21. The fourth-order valence-corrected chi connectivity index (χ4v) is 3.42. The average molecular weight is 458 g/mol. The maximum atomic E-state index is 13.3. The zero-order valence-corrected chi connectivity index (χ0v) is 19.0. The molecule has 0 amide bonds. The van der Waals surface area contributed by atoms with Gasteiger partial charge in [0.25, 0.3) is 0 Å². The van der Waals surface area contributed by atoms with E-state index in [4.69, 9.17) is 23.7 Å². The van der Waals surface area contributed by atoms with Crippen molar-refractivity contribution in [1.29, 1.82) is 0 Å². The minimum absolute atomic E-state index is 0.130. The molecule has 0 atom stereocenters. The summed E-state index contributed by atoms with van der Waals surface area (Å²) in [7, 11) is 4.54. The van der Waals surface area contributed by atoms with Crippen LogP contribution in [0.5, 0.6) is 28.7 Å². The third-order valence-corrected chi connectivity index (χ3v) is 5.21. The number of carbonyl (C=O) groups excluding carboxylic acids is 2. The zero-order chi connectivity index (χ0) is 24.1. The first-order valence-electron chi connectivity index (χ1n) is 10.4. The molecule has 4 rings (SSSR count). The lowest BCUT2D eigenvalue weighted by Crippen LogP contribution is -2.19. The van der Waals surface area contributed by atoms with Crippen molar-refractivity contribution < 1.29 is 33.3 Å². The summed E-state index contributed by atoms with van der Waals surface area (Å²) in [5.41, 5.74) is 1.39. The Bertz CT molecular complexity index is 1300. The number of rotatable bonds is 6. The van der Waals surface area contributed by atoms with Gasteiger partial charge in [-0.3, -0.25) is 9.59 Å². The van der Waals surface area contributed by atoms with E-state index in [1.807, 2.05) is 0 Å². The maximum Gasteiger partial charge on any atom is 0.234 e. The molecule has 1 aliphatic rings. The van der Waals surface area contributed by atoms with Gasteiger partial charge < -0.3 is 23.7 Å². The molecule has 0 aromatic heterocycles. The Morgan fingerprint density at radius 2 is 1.41 bits per heavy atom. The van der Waals surface area contributed by atoms with Gasteiger partial charge in [0.05, 0.1) is 21.3 Å². The largest absolute Gasteiger partial charge is 0.497 e. The van der Waals surface area contributed by atoms with Gasteiger partial charge in [-0.05, 0) is 48.5 Å². The average Bonchev–Trinajstić information content (AvgIpc) is 2.90. The Hall–Kier alpha value is -4.44. The fourth-order valence-electron chi connectivity index (χ4n) is 3.42. The lowest BCUT2D eigenvalue weighted by molar-refractivity contribution is 0.0816. The molecule has 7 nitrogen and oxygen atoms in total. The van der Waals surface area contributed by atoms with Gasteiger partial charge in [-0.2, -0.15) is 0 Å². The molecular formula is C27H22O7. The summed E-state index contributed by atoms with van der Waals surface area (Å²) >= 11 is 0. The predicted octanol–water partition coefficient (Wildman–Crippen LogP) is 3.95. The topological polar surface area (TPSA) is 80.3 Å². The summed E-state index contributed by atoms with van der Waals surface area (Å²) in [5, 5.41) is 0. The second-order valence-electron chi connectivity index (χ2n) is 7.25. The van der Waals surface area contributed by atoms with Crippen LogP contribution in [0, 0.1) is 11.8 Å². The molecule has 0 unspecified atom stereocenters. The number of hydrogen-bond acceptors (Lipinski definition) is 7. The van der Waals surface area contributed by atoms with E-state index in [1.54, 1.807) is 43.5 Å². The van der Waals surface area contributed by atoms with Crippen LogP contribution in [0.1, 0.15) is 31.8 Å². The number of Topliss-reactive ketones (excluding diaryl/α,β-unsaturated/α-hetero) is 2. The Morgan fingerprint density at radius 1 is 0.735 bits per heavy atom. The van der Waals surface area contributed by atoms with Crippen LogP contribution in [0.3, 0.4) is 0 Å². The zero-order valence-electron chi connectivity index (χ0n) is 19.0. The van der Waals surface area contributed by atoms with Gasteiger partial charge in [0.1, 0.15) is 19.0 Å². The van der Waals surface area contributed by atoms with Crippen LogP contribution in [0.15, 0.2) is 54.6 Å². The number of fused-ring (bicyclic) bond motifs is 1. The number of benzene rings is 3. The molecule has 7 heteroatoms. The van der Waals surface area contributed by atoms with E-state index in [2.05, 4.69) is 11.8 Å². The normalized spacial score (nSPS) is 11.6. The minimum atomic E-state index is -0.719. The molecular weight excluding hydrogens is 436 g/mol. The van der Waals surface area contributed by atoms with Crippen molar-refractivity contribution in [3.05, 3.63) is 76.9 Å². The molecule has 3 aromatic carbocycles. The van der Waals surface area contributed by atoms with Crippen molar-refractivity contribution in [2.24, 2.45) is 0 Å². The number of methoxy groups -OCH3 is 3. The highest BCUT2D eigenvalue weighted by Gasteiger charge is 2.25. The molecule has 0 saturated heterocycles. The van der Waals surface area contributed by atoms with Crippen molar-refractivity contribution >= 4 is 11.6 Å². The smallest absolute Gasteiger partial charge is 0.234 e. The monoisotopic (exact) mass is 458 g/mol. The van der Waals surface area contributed by atoms with Crippen LogP contribution >= 0.6 is 0 Å². The van der Waals surface area contributed by atoms with Gasteiger partial charge in [-0.15, -0.1) is 0 Å². The van der Waals surface area contributed by atoms with Crippen molar-refractivity contribution in [1.82, 2.24) is 0 Å². The molecule has 0 radical (unpaired) electrons. The summed E-state index contributed by atoms with van der Waals surface area (Å²) < 4.78 is 26.9. The highest BCUT2D eigenvalue weighted by atomic mass is 16.6. The quantitative estimate of drug-likeness (QED) is 0.314. The van der Waals surface area contributed by atoms with Crippen molar-refractivity contribution in [2.45, 2.75) is 0 Å². The molecule has 0 bridgehead atoms. The van der Waals surface area contributed by atoms with Gasteiger partial charge in [0, 0.05) is 28.3 Å². The third kappa shape index (κ3) is 4.66. The van der Waals surface area contributed by atoms with E-state index < -0.39 is 11.6 Å². The molecule has 0 aliphatic carbocycles. The summed E-state index contributed by atoms with van der Waals surface area (Å²) in [6.07, 6.45) is 0. The number of ether oxygens (including phenoxy) is 5. The van der Waals surface area contributed by atoms with Crippen LogP contribution in [0.2, 0.25) is 0 Å². The van der Waals surface area contributed by atoms with Crippen LogP contribution in [-0.4, -0.2) is 46.1 Å². The van der Waals surface area contributed by atoms with Gasteiger partial charge >= 0.3 is 0 Å². The minimum Gasteiger partial charge on any atom is -0.497 e. The van der Waals surface area contributed by atoms with Gasteiger partial charge in [0.2, 0.25) is 11.6 Å². The number of carbonyl (C=O) groups is 2. The molecule has 34 heavy (non-hydrogen) atoms. The Labute approximate surface area is 197 Å². The molecule has 172 valence electrons. The number of ketones is 2. The molecule has 0 spiro atoms. The lowest BCUT2D eigenvalue weighted by atomic mass is 9.96. The molecule has 0 N–H and O–H groups in total.